The van der Waals surface area contributed by atoms with Crippen LogP contribution in [0.2, 0.25) is 0 Å². The summed E-state index contributed by atoms with van der Waals surface area (Å²) in [5, 5.41) is 15.2. The molecule has 2 atom stereocenters. The molecule has 4 rings (SSSR count). The molecule has 2 aromatic carbocycles. The van der Waals surface area contributed by atoms with E-state index in [2.05, 4.69) is 20.3 Å². The molecule has 4 amide bonds. The number of ether oxygens (including phenoxy) is 1. The van der Waals surface area contributed by atoms with Gasteiger partial charge in [0.15, 0.2) is 0 Å². The summed E-state index contributed by atoms with van der Waals surface area (Å²) >= 11 is 0. The van der Waals surface area contributed by atoms with Crippen molar-refractivity contribution < 1.29 is 42.2 Å². The number of carboxylic acid groups (broad SMARTS) is 1. The number of benzene rings is 2. The predicted molar refractivity (Wildman–Crippen MR) is 150 cm³/mol. The van der Waals surface area contributed by atoms with Gasteiger partial charge in [0.05, 0.1) is 5.92 Å². The molecule has 2 fully saturated rings. The zero-order valence-electron chi connectivity index (χ0n) is 23.6. The molecule has 11 nitrogen and oxygen atoms in total. The van der Waals surface area contributed by atoms with Crippen molar-refractivity contribution in [3.63, 3.8) is 0 Å². The lowest BCUT2D eigenvalue weighted by molar-refractivity contribution is -0.274. The van der Waals surface area contributed by atoms with Gasteiger partial charge in [0, 0.05) is 56.9 Å². The molecule has 2 aliphatic heterocycles. The molecule has 0 aliphatic carbocycles. The third-order valence-corrected chi connectivity index (χ3v) is 7.46. The second-order valence-electron chi connectivity index (χ2n) is 10.7. The van der Waals surface area contributed by atoms with Gasteiger partial charge in [-0.25, -0.2) is 9.59 Å². The molecule has 0 aromatic heterocycles. The number of anilines is 1. The van der Waals surface area contributed by atoms with Crippen molar-refractivity contribution in [3.8, 4) is 5.75 Å². The number of alkyl halides is 3. The van der Waals surface area contributed by atoms with E-state index >= 15 is 0 Å². The Hall–Kier alpha value is -4.33. The number of likely N-dealkylation sites (N-methyl/N-ethyl adjacent to an activating group) is 1. The minimum Gasteiger partial charge on any atom is -0.480 e. The highest BCUT2D eigenvalue weighted by atomic mass is 19.4. The number of aliphatic carboxylic acids is 1. The number of carboxylic acids is 1. The molecule has 0 radical (unpaired) electrons. The van der Waals surface area contributed by atoms with E-state index in [-0.39, 0.29) is 24.6 Å². The number of hydrogen-bond acceptors (Lipinski definition) is 6. The Kier molecular flexibility index (Phi) is 10.1. The number of carbonyl (C=O) groups is 4. The second kappa shape index (κ2) is 13.8. The Morgan fingerprint density at radius 3 is 2.21 bits per heavy atom. The zero-order chi connectivity index (χ0) is 31.1. The van der Waals surface area contributed by atoms with E-state index in [1.807, 2.05) is 7.05 Å². The number of piperidine rings is 1. The summed E-state index contributed by atoms with van der Waals surface area (Å²) in [6.07, 6.45) is -3.89. The van der Waals surface area contributed by atoms with Crippen LogP contribution in [0.15, 0.2) is 48.5 Å². The maximum atomic E-state index is 13.0. The number of nitrogens with zero attached hydrogens (tertiary/aromatic N) is 3. The molecular formula is C29H34F3N5O6. The summed E-state index contributed by atoms with van der Waals surface area (Å²) in [7, 11) is 2.00. The fourth-order valence-electron chi connectivity index (χ4n) is 5.02. The number of rotatable bonds is 8. The number of halogens is 3. The van der Waals surface area contributed by atoms with Gasteiger partial charge in [0.25, 0.3) is 5.91 Å². The third kappa shape index (κ3) is 9.08. The molecule has 3 N–H and O–H groups in total. The Morgan fingerprint density at radius 1 is 0.953 bits per heavy atom. The van der Waals surface area contributed by atoms with Crippen molar-refractivity contribution in [3.05, 3.63) is 59.7 Å². The van der Waals surface area contributed by atoms with Gasteiger partial charge in [-0.15, -0.1) is 13.2 Å². The van der Waals surface area contributed by atoms with Gasteiger partial charge in [0.2, 0.25) is 5.91 Å². The maximum absolute atomic E-state index is 13.0. The van der Waals surface area contributed by atoms with E-state index in [0.717, 1.165) is 25.2 Å². The maximum Gasteiger partial charge on any atom is 0.573 e. The summed E-state index contributed by atoms with van der Waals surface area (Å²) in [4.78, 5) is 55.8. The van der Waals surface area contributed by atoms with Crippen LogP contribution in [0.3, 0.4) is 0 Å². The number of nitrogens with one attached hydrogen (secondary N) is 2. The SMILES string of the molecule is CN1CCN(C(=O)Nc2ccc(C[C@H](NC(=O)C3CCCN(C(=O)c4ccc(OC(F)(F)F)cc4)C3)C(=O)O)cc2)CC1. The van der Waals surface area contributed by atoms with Crippen LogP contribution in [-0.2, 0) is 16.0 Å². The van der Waals surface area contributed by atoms with Gasteiger partial charge < -0.3 is 35.2 Å². The van der Waals surface area contributed by atoms with Gasteiger partial charge >= 0.3 is 18.4 Å². The third-order valence-electron chi connectivity index (χ3n) is 7.46. The molecule has 0 spiro atoms. The molecule has 232 valence electrons. The van der Waals surface area contributed by atoms with E-state index in [4.69, 9.17) is 0 Å². The Balaban J connectivity index is 1.30. The predicted octanol–water partition coefficient (Wildman–Crippen LogP) is 3.03. The first-order chi connectivity index (χ1) is 20.4. The number of likely N-dealkylation sites (tertiary alicyclic amines) is 1. The van der Waals surface area contributed by atoms with Crippen molar-refractivity contribution in [1.29, 1.82) is 0 Å². The van der Waals surface area contributed by atoms with Crippen LogP contribution in [0.5, 0.6) is 5.75 Å². The Labute approximate surface area is 246 Å². The molecular weight excluding hydrogens is 571 g/mol. The lowest BCUT2D eigenvalue weighted by Gasteiger charge is -2.32. The van der Waals surface area contributed by atoms with E-state index in [0.29, 0.717) is 43.7 Å². The lowest BCUT2D eigenvalue weighted by Crippen LogP contribution is -2.50. The van der Waals surface area contributed by atoms with Crippen molar-refractivity contribution in [2.45, 2.75) is 31.7 Å². The normalized spacial score (nSPS) is 18.5. The largest absolute Gasteiger partial charge is 0.573 e. The number of hydrogen-bond donors (Lipinski definition) is 3. The Morgan fingerprint density at radius 2 is 1.60 bits per heavy atom. The molecule has 43 heavy (non-hydrogen) atoms. The first kappa shape index (κ1) is 31.6. The highest BCUT2D eigenvalue weighted by Gasteiger charge is 2.33. The number of amides is 4. The average molecular weight is 606 g/mol. The van der Waals surface area contributed by atoms with Crippen LogP contribution in [-0.4, -0.2) is 102 Å². The summed E-state index contributed by atoms with van der Waals surface area (Å²) in [5.74, 6) is -3.28. The average Bonchev–Trinajstić information content (AvgIpc) is 2.97. The van der Waals surface area contributed by atoms with Gasteiger partial charge in [-0.05, 0) is 61.9 Å². The molecule has 0 bridgehead atoms. The van der Waals surface area contributed by atoms with Crippen LogP contribution in [0.4, 0.5) is 23.7 Å². The summed E-state index contributed by atoms with van der Waals surface area (Å²) in [6.45, 7) is 3.23. The van der Waals surface area contributed by atoms with Crippen molar-refractivity contribution in [2.75, 3.05) is 51.6 Å². The lowest BCUT2D eigenvalue weighted by atomic mass is 9.95. The first-order valence-electron chi connectivity index (χ1n) is 13.9. The second-order valence-corrected chi connectivity index (χ2v) is 10.7. The first-order valence-corrected chi connectivity index (χ1v) is 13.9. The van der Waals surface area contributed by atoms with Crippen LogP contribution in [0.25, 0.3) is 0 Å². The molecule has 2 heterocycles. The highest BCUT2D eigenvalue weighted by molar-refractivity contribution is 5.95. The van der Waals surface area contributed by atoms with Crippen LogP contribution >= 0.6 is 0 Å². The van der Waals surface area contributed by atoms with Crippen LogP contribution < -0.4 is 15.4 Å². The van der Waals surface area contributed by atoms with Gasteiger partial charge in [-0.1, -0.05) is 12.1 Å². The summed E-state index contributed by atoms with van der Waals surface area (Å²) in [5.41, 5.74) is 1.35. The Bertz CT molecular complexity index is 1300. The van der Waals surface area contributed by atoms with Crippen molar-refractivity contribution in [1.82, 2.24) is 20.0 Å². The van der Waals surface area contributed by atoms with E-state index in [9.17, 15) is 37.5 Å². The van der Waals surface area contributed by atoms with Gasteiger partial charge in [-0.3, -0.25) is 9.59 Å². The fourth-order valence-corrected chi connectivity index (χ4v) is 5.02. The molecule has 2 aromatic rings. The minimum absolute atomic E-state index is 0.00939. The summed E-state index contributed by atoms with van der Waals surface area (Å²) in [6, 6.07) is 9.83. The van der Waals surface area contributed by atoms with Crippen LogP contribution in [0.1, 0.15) is 28.8 Å². The number of urea groups is 1. The molecule has 2 saturated heterocycles. The number of carbonyl (C=O) groups excluding carboxylic acids is 3. The molecule has 14 heteroatoms. The van der Waals surface area contributed by atoms with E-state index in [1.54, 1.807) is 29.2 Å². The fraction of sp³-hybridized carbons (Fsp3) is 0.448. The van der Waals surface area contributed by atoms with Crippen molar-refractivity contribution in [2.24, 2.45) is 5.92 Å². The standard InChI is InChI=1S/C29H34F3N5O6/c1-35-13-15-36(16-14-35)28(42)33-22-8-4-19(5-9-22)17-24(27(40)41)34-25(38)21-3-2-12-37(18-21)26(39)20-6-10-23(11-7-20)43-29(30,31)32/h4-11,21,24H,2-3,12-18H2,1H3,(H,33,42)(H,34,38)(H,40,41)/t21?,24-/m0/s1. The molecule has 0 saturated carbocycles. The minimum atomic E-state index is -4.85. The molecule has 2 aliphatic rings. The van der Waals surface area contributed by atoms with Crippen molar-refractivity contribution >= 4 is 29.5 Å². The van der Waals surface area contributed by atoms with E-state index < -0.39 is 41.9 Å². The quantitative estimate of drug-likeness (QED) is 0.422. The monoisotopic (exact) mass is 605 g/mol. The summed E-state index contributed by atoms with van der Waals surface area (Å²) < 4.78 is 41.1. The zero-order valence-corrected chi connectivity index (χ0v) is 23.6. The number of piperazine rings is 1. The smallest absolute Gasteiger partial charge is 0.480 e. The molecule has 1 unspecified atom stereocenters. The van der Waals surface area contributed by atoms with Gasteiger partial charge in [0.1, 0.15) is 11.8 Å². The highest BCUT2D eigenvalue weighted by Crippen LogP contribution is 2.24. The van der Waals surface area contributed by atoms with Gasteiger partial charge in [-0.2, -0.15) is 0 Å². The van der Waals surface area contributed by atoms with Crippen LogP contribution in [0, 0.1) is 5.92 Å². The topological polar surface area (TPSA) is 132 Å². The van der Waals surface area contributed by atoms with E-state index in [1.165, 1.54) is 17.0 Å².